The summed E-state index contributed by atoms with van der Waals surface area (Å²) in [7, 11) is -14.3. The van der Waals surface area contributed by atoms with E-state index in [4.69, 9.17) is 20.4 Å². The first-order valence-corrected chi connectivity index (χ1v) is 21.0. The van der Waals surface area contributed by atoms with Crippen LogP contribution in [0.4, 0.5) is 48.7 Å². The van der Waals surface area contributed by atoms with Gasteiger partial charge in [0.25, 0.3) is 20.2 Å². The number of phenolic OH excluding ortho intramolecular Hbond substituents is 1. The minimum absolute atomic E-state index is 0.0723. The van der Waals surface area contributed by atoms with E-state index in [-0.39, 0.29) is 57.1 Å². The van der Waals surface area contributed by atoms with E-state index in [0.717, 1.165) is 42.5 Å². The minimum atomic E-state index is -5.05. The molecule has 8 N–H and O–H groups in total. The van der Waals surface area contributed by atoms with Crippen LogP contribution in [0.25, 0.3) is 10.8 Å². The molecule has 0 aliphatic heterocycles. The van der Waals surface area contributed by atoms with E-state index in [2.05, 4.69) is 54.5 Å². The van der Waals surface area contributed by atoms with E-state index in [9.17, 15) is 48.2 Å². The first-order chi connectivity index (χ1) is 27.8. The molecular weight excluding hydrogens is 903 g/mol. The summed E-state index contributed by atoms with van der Waals surface area (Å²) < 4.78 is 135. The van der Waals surface area contributed by atoms with Crippen LogP contribution in [0.15, 0.2) is 101 Å². The van der Waals surface area contributed by atoms with Gasteiger partial charge < -0.3 is 16.2 Å². The number of nitrogen functional groups attached to an aromatic ring is 1. The average molecular weight is 925 g/mol. The Bertz CT molecular complexity index is 2790. The van der Waals surface area contributed by atoms with Gasteiger partial charge in [0.1, 0.15) is 38.4 Å². The number of nitrogens with two attached hydrogens (primary N) is 1. The lowest BCUT2D eigenvalue weighted by molar-refractivity contribution is -0.434. The van der Waals surface area contributed by atoms with Crippen LogP contribution in [-0.4, -0.2) is 72.3 Å². The number of hydrogen-bond acceptors (Lipinski definition) is 24. The van der Waals surface area contributed by atoms with Gasteiger partial charge in [-0.05, 0) is 54.6 Å². The molecule has 4 aromatic carbocycles. The zero-order chi connectivity index (χ0) is 43.1. The summed E-state index contributed by atoms with van der Waals surface area (Å²) >= 11 is 0.306. The molecule has 0 fully saturated rings. The lowest BCUT2D eigenvalue weighted by Gasteiger charge is -2.12. The summed E-state index contributed by atoms with van der Waals surface area (Å²) in [5.41, 5.74) is 3.81. The highest BCUT2D eigenvalue weighted by molar-refractivity contribution is 7.94. The normalized spacial score (nSPS) is 12.6. The number of nitrogens with one attached hydrogen (secondary N) is 1. The topological polar surface area (TPSA) is 363 Å². The molecule has 24 nitrogen and oxygen atoms in total. The van der Waals surface area contributed by atoms with Crippen molar-refractivity contribution in [3.8, 4) is 5.75 Å². The maximum atomic E-state index is 13.6. The Morgan fingerprint density at radius 3 is 2.05 bits per heavy atom. The molecule has 0 saturated heterocycles. The van der Waals surface area contributed by atoms with Crippen molar-refractivity contribution >= 4 is 105 Å². The number of rotatable bonds is 18. The van der Waals surface area contributed by atoms with E-state index >= 15 is 0 Å². The smallest absolute Gasteiger partial charge is 0.313 e. The van der Waals surface area contributed by atoms with Gasteiger partial charge in [0.05, 0.1) is 39.9 Å². The molecule has 31 heteroatoms. The highest BCUT2D eigenvalue weighted by atomic mass is 32.2. The maximum absolute atomic E-state index is 13.6. The number of aromatic hydroxyl groups is 1. The number of fused-ring (bicyclic) bond motifs is 1. The fourth-order valence-corrected chi connectivity index (χ4v) is 7.88. The van der Waals surface area contributed by atoms with Gasteiger partial charge >= 0.3 is 6.08 Å². The first kappa shape index (κ1) is 45.0. The summed E-state index contributed by atoms with van der Waals surface area (Å²) in [5.74, 6) is -3.08. The lowest BCUT2D eigenvalue weighted by atomic mass is 10.1. The molecule has 0 unspecified atom stereocenters. The molecule has 0 aliphatic rings. The molecule has 0 spiro atoms. The van der Waals surface area contributed by atoms with Crippen molar-refractivity contribution in [2.45, 2.75) is 19.6 Å². The molecule has 5 rings (SSSR count). The number of halogens is 2. The van der Waals surface area contributed by atoms with Crippen LogP contribution in [0, 0.1) is 12.0 Å². The molecule has 5 aromatic rings. The third-order valence-electron chi connectivity index (χ3n) is 7.19. The largest absolute Gasteiger partial charge is 0.505 e. The van der Waals surface area contributed by atoms with Gasteiger partial charge in [-0.2, -0.15) is 35.6 Å². The number of phenols is 1. The van der Waals surface area contributed by atoms with Crippen molar-refractivity contribution < 1.29 is 81.7 Å². The van der Waals surface area contributed by atoms with Gasteiger partial charge in [-0.15, -0.1) is 29.1 Å². The number of nitrogens with zero attached hydrogens (tertiary/aromatic N) is 6. The molecule has 0 amide bonds. The van der Waals surface area contributed by atoms with Crippen molar-refractivity contribution in [3.05, 3.63) is 72.7 Å². The minimum Gasteiger partial charge on any atom is -0.505 e. The van der Waals surface area contributed by atoms with Crippen molar-refractivity contribution in [1.82, 2.24) is 9.97 Å². The Kier molecular flexibility index (Phi) is 14.4. The monoisotopic (exact) mass is 924 g/mol. The van der Waals surface area contributed by atoms with Gasteiger partial charge in [-0.3, -0.25) is 13.3 Å². The standard InChI is InChI=1S/C28H22F2N8O16S5/c29-23-12-24(34-28(30)33-23)32-13-1-5-21(58(44,45)46)18(9-13)35-38-26-20(55-53-51-40)11-16-15(27(26)39)3-4-17(31)25(16)37-36-19-10-14(2-6-22(19)59(47,48)49)57(42,43)8-7-50-56-54-52-41/h1-6,9-12,39-41H,7-8,31H2,(H,32,33,34)(H,44,45,46)(H,47,48,49)/b37-36+,38-35+. The summed E-state index contributed by atoms with van der Waals surface area (Å²) in [6, 6.07) is 9.60. The van der Waals surface area contributed by atoms with Crippen molar-refractivity contribution in [2.24, 2.45) is 20.5 Å². The summed E-state index contributed by atoms with van der Waals surface area (Å²) in [4.78, 5) is 3.75. The van der Waals surface area contributed by atoms with Crippen LogP contribution in [0.3, 0.4) is 0 Å². The van der Waals surface area contributed by atoms with Gasteiger partial charge in [0, 0.05) is 22.5 Å². The average Bonchev–Trinajstić information content (AvgIpc) is 3.15. The predicted octanol–water partition coefficient (Wildman–Crippen LogP) is 6.47. The van der Waals surface area contributed by atoms with Gasteiger partial charge in [-0.1, -0.05) is 10.1 Å². The molecule has 1 aromatic heterocycles. The fraction of sp³-hybridized carbons (Fsp3) is 0.0714. The Morgan fingerprint density at radius 2 is 1.41 bits per heavy atom. The molecule has 0 aliphatic carbocycles. The lowest BCUT2D eigenvalue weighted by Crippen LogP contribution is -2.11. The Labute approximate surface area is 337 Å². The summed E-state index contributed by atoms with van der Waals surface area (Å²) in [6.07, 6.45) is -1.43. The van der Waals surface area contributed by atoms with Crippen LogP contribution in [0.5, 0.6) is 5.75 Å². The van der Waals surface area contributed by atoms with Crippen LogP contribution in [-0.2, 0) is 53.0 Å². The van der Waals surface area contributed by atoms with Crippen LogP contribution >= 0.6 is 24.4 Å². The van der Waals surface area contributed by atoms with E-state index in [1.807, 2.05) is 0 Å². The SMILES string of the molecule is Nc1ccc2c(O)c(/N=N/c3cc(Nc4cc(F)nc(F)n4)ccc3S(=O)(=O)O)c(SOOO)cc2c1/N=N/c1cc(S(=O)(=O)CCOSOOO)ccc1S(=O)(=O)O. The molecule has 0 bridgehead atoms. The third kappa shape index (κ3) is 11.3. The predicted molar refractivity (Wildman–Crippen MR) is 197 cm³/mol. The Morgan fingerprint density at radius 1 is 0.763 bits per heavy atom. The molecule has 0 atom stereocenters. The number of hydrogen-bond donors (Lipinski definition) is 7. The quantitative estimate of drug-likeness (QED) is 0.00570. The van der Waals surface area contributed by atoms with Gasteiger partial charge in [0.15, 0.2) is 27.9 Å². The molecular formula is C28H22F2N8O16S5. The van der Waals surface area contributed by atoms with Crippen molar-refractivity contribution in [3.63, 3.8) is 0 Å². The highest BCUT2D eigenvalue weighted by Crippen LogP contribution is 2.48. The number of aromatic nitrogens is 2. The zero-order valence-corrected chi connectivity index (χ0v) is 32.6. The number of benzene rings is 4. The van der Waals surface area contributed by atoms with E-state index in [0.29, 0.717) is 6.07 Å². The Balaban J connectivity index is 1.60. The number of sulfone groups is 1. The van der Waals surface area contributed by atoms with Crippen molar-refractivity contribution in [1.29, 1.82) is 0 Å². The van der Waals surface area contributed by atoms with Gasteiger partial charge in [-0.25, -0.2) is 18.9 Å². The molecule has 0 radical (unpaired) electrons. The maximum Gasteiger partial charge on any atom is 0.313 e. The fourth-order valence-electron chi connectivity index (χ4n) is 4.76. The van der Waals surface area contributed by atoms with Gasteiger partial charge in [0.2, 0.25) is 5.95 Å². The Hall–Kier alpha value is -5.13. The zero-order valence-electron chi connectivity index (χ0n) is 28.5. The second kappa shape index (κ2) is 18.8. The molecule has 314 valence electrons. The third-order valence-corrected chi connectivity index (χ3v) is 11.7. The van der Waals surface area contributed by atoms with E-state index in [1.54, 1.807) is 0 Å². The first-order valence-electron chi connectivity index (χ1n) is 15.1. The molecule has 0 saturated carbocycles. The second-order valence-electron chi connectivity index (χ2n) is 10.9. The molecule has 59 heavy (non-hydrogen) atoms. The van der Waals surface area contributed by atoms with Crippen LogP contribution in [0.2, 0.25) is 0 Å². The van der Waals surface area contributed by atoms with E-state index in [1.165, 1.54) is 12.1 Å². The second-order valence-corrected chi connectivity index (χ2v) is 17.0. The summed E-state index contributed by atoms with van der Waals surface area (Å²) in [5, 5.41) is 53.2. The van der Waals surface area contributed by atoms with E-state index < -0.39 is 97.8 Å². The van der Waals surface area contributed by atoms with Crippen molar-refractivity contribution in [2.75, 3.05) is 23.4 Å². The molecule has 1 heterocycles. The van der Waals surface area contributed by atoms with Crippen LogP contribution < -0.4 is 11.1 Å². The highest BCUT2D eigenvalue weighted by Gasteiger charge is 2.24. The van der Waals surface area contributed by atoms with Crippen LogP contribution in [0.1, 0.15) is 0 Å². The summed E-state index contributed by atoms with van der Waals surface area (Å²) in [6.45, 7) is -0.504. The number of anilines is 3. The number of azo groups is 2.